The molecule has 1 rings (SSSR count). The van der Waals surface area contributed by atoms with Gasteiger partial charge in [0.25, 0.3) is 0 Å². The Morgan fingerprint density at radius 3 is 2.06 bits per heavy atom. The van der Waals surface area contributed by atoms with E-state index < -0.39 is 8.07 Å². The van der Waals surface area contributed by atoms with Gasteiger partial charge >= 0.3 is 0 Å². The van der Waals surface area contributed by atoms with Crippen LogP contribution in [-0.4, -0.2) is 21.3 Å². The molecule has 1 nitrogen and oxygen atoms in total. The summed E-state index contributed by atoms with van der Waals surface area (Å²) in [5.74, 6) is 1.68. The first-order chi connectivity index (χ1) is 7.58. The van der Waals surface area contributed by atoms with Crippen LogP contribution in [0.15, 0.2) is 0 Å². The molecule has 0 aromatic carbocycles. The van der Waals surface area contributed by atoms with Crippen LogP contribution in [0.3, 0.4) is 0 Å². The molecule has 0 unspecified atom stereocenters. The van der Waals surface area contributed by atoms with Crippen LogP contribution < -0.4 is 0 Å². The van der Waals surface area contributed by atoms with Crippen molar-refractivity contribution in [1.82, 2.24) is 0 Å². The lowest BCUT2D eigenvalue weighted by Crippen LogP contribution is -2.22. The Kier molecular flexibility index (Phi) is 6.67. The van der Waals surface area contributed by atoms with Crippen LogP contribution in [0.5, 0.6) is 0 Å². The molecular weight excluding hydrogens is 212 g/mol. The van der Waals surface area contributed by atoms with Crippen molar-refractivity contribution in [2.75, 3.05) is 13.2 Å². The van der Waals surface area contributed by atoms with E-state index in [-0.39, 0.29) is 0 Å². The van der Waals surface area contributed by atoms with Crippen molar-refractivity contribution >= 4 is 8.07 Å². The fraction of sp³-hybridized carbons (Fsp3) is 0.929. The van der Waals surface area contributed by atoms with Crippen LogP contribution >= 0.6 is 0 Å². The maximum Gasteiger partial charge on any atom is 0.0528 e. The highest BCUT2D eigenvalue weighted by molar-refractivity contribution is 6.76. The molecule has 1 saturated carbocycles. The second kappa shape index (κ2) is 7.49. The fourth-order valence-corrected chi connectivity index (χ4v) is 2.90. The Morgan fingerprint density at radius 2 is 1.50 bits per heavy atom. The Bertz CT molecular complexity index is 166. The van der Waals surface area contributed by atoms with E-state index in [1.807, 2.05) is 0 Å². The molecule has 1 radical (unpaired) electrons. The van der Waals surface area contributed by atoms with Gasteiger partial charge in [-0.25, -0.2) is 0 Å². The van der Waals surface area contributed by atoms with Crippen molar-refractivity contribution in [3.63, 3.8) is 0 Å². The van der Waals surface area contributed by atoms with Crippen LogP contribution in [-0.2, 0) is 4.74 Å². The van der Waals surface area contributed by atoms with Gasteiger partial charge in [0.2, 0.25) is 0 Å². The second-order valence-corrected chi connectivity index (χ2v) is 12.0. The zero-order chi connectivity index (χ0) is 11.9. The number of ether oxygens (including phenoxy) is 1. The van der Waals surface area contributed by atoms with E-state index in [0.717, 1.165) is 13.2 Å². The first-order valence-electron chi connectivity index (χ1n) is 6.99. The largest absolute Gasteiger partial charge is 0.381 e. The highest BCUT2D eigenvalue weighted by Gasteiger charge is 2.14. The van der Waals surface area contributed by atoms with E-state index in [4.69, 9.17) is 4.74 Å². The predicted molar refractivity (Wildman–Crippen MR) is 74.5 cm³/mol. The summed E-state index contributed by atoms with van der Waals surface area (Å²) in [6, 6.07) is 1.31. The van der Waals surface area contributed by atoms with Crippen molar-refractivity contribution in [3.8, 4) is 0 Å². The number of hydrogen-bond donors (Lipinski definition) is 0. The molecule has 0 saturated heterocycles. The van der Waals surface area contributed by atoms with Crippen molar-refractivity contribution in [1.29, 1.82) is 0 Å². The van der Waals surface area contributed by atoms with Crippen LogP contribution in [0.4, 0.5) is 0 Å². The molecule has 1 aliphatic carbocycles. The smallest absolute Gasteiger partial charge is 0.0528 e. The minimum absolute atomic E-state index is 0.896. The third kappa shape index (κ3) is 7.45. The van der Waals surface area contributed by atoms with E-state index in [1.165, 1.54) is 51.0 Å². The van der Waals surface area contributed by atoms with E-state index in [0.29, 0.717) is 0 Å². The maximum atomic E-state index is 5.84. The topological polar surface area (TPSA) is 9.23 Å². The Balaban J connectivity index is 2.06. The summed E-state index contributed by atoms with van der Waals surface area (Å²) in [4.78, 5) is 0. The van der Waals surface area contributed by atoms with Crippen molar-refractivity contribution < 1.29 is 4.74 Å². The molecule has 0 aromatic heterocycles. The molecule has 0 spiro atoms. The Labute approximate surface area is 103 Å². The summed E-state index contributed by atoms with van der Waals surface area (Å²) in [6.45, 7) is 9.18. The standard InChI is InChI=1S/C14H29OSi/c1-16(2,3)12-11-15-13-14-9-7-5-4-6-8-10-14/h4-13H2,1-3H3. The maximum absolute atomic E-state index is 5.84. The minimum atomic E-state index is -0.896. The summed E-state index contributed by atoms with van der Waals surface area (Å²) in [6.07, 6.45) is 9.75. The lowest BCUT2D eigenvalue weighted by atomic mass is 9.92. The summed E-state index contributed by atoms with van der Waals surface area (Å²) in [5, 5.41) is 0. The zero-order valence-corrected chi connectivity index (χ0v) is 12.5. The fourth-order valence-electron chi connectivity index (χ4n) is 2.14. The van der Waals surface area contributed by atoms with Crippen LogP contribution in [0.1, 0.15) is 44.9 Å². The molecule has 2 heteroatoms. The number of hydrogen-bond acceptors (Lipinski definition) is 1. The van der Waals surface area contributed by atoms with Gasteiger partial charge in [-0.2, -0.15) is 0 Å². The van der Waals surface area contributed by atoms with Gasteiger partial charge in [-0.1, -0.05) is 51.7 Å². The average Bonchev–Trinajstić information content (AvgIpc) is 2.13. The molecule has 95 valence electrons. The average molecular weight is 241 g/mol. The summed E-state index contributed by atoms with van der Waals surface area (Å²) < 4.78 is 5.84. The van der Waals surface area contributed by atoms with Crippen LogP contribution in [0, 0.1) is 5.92 Å². The van der Waals surface area contributed by atoms with E-state index in [9.17, 15) is 0 Å². The Morgan fingerprint density at radius 1 is 0.938 bits per heavy atom. The normalized spacial score (nSPS) is 20.4. The highest BCUT2D eigenvalue weighted by atomic mass is 28.3. The van der Waals surface area contributed by atoms with Crippen molar-refractivity contribution in [2.45, 2.75) is 70.6 Å². The molecule has 1 fully saturated rings. The van der Waals surface area contributed by atoms with Gasteiger partial charge in [-0.05, 0) is 18.9 Å². The highest BCUT2D eigenvalue weighted by Crippen LogP contribution is 2.24. The van der Waals surface area contributed by atoms with Crippen LogP contribution in [0.2, 0.25) is 25.7 Å². The molecule has 0 N–H and O–H groups in total. The molecule has 0 atom stereocenters. The summed E-state index contributed by atoms with van der Waals surface area (Å²) in [5.41, 5.74) is 0. The van der Waals surface area contributed by atoms with Gasteiger partial charge in [0, 0.05) is 20.6 Å². The lowest BCUT2D eigenvalue weighted by Gasteiger charge is -2.20. The SMILES string of the molecule is C[Si](C)(C)CCOC[C]1CCCCCCC1. The van der Waals surface area contributed by atoms with Gasteiger partial charge < -0.3 is 4.74 Å². The first-order valence-corrected chi connectivity index (χ1v) is 10.7. The third-order valence-electron chi connectivity index (χ3n) is 3.36. The van der Waals surface area contributed by atoms with Gasteiger partial charge in [0.15, 0.2) is 0 Å². The number of rotatable bonds is 5. The minimum Gasteiger partial charge on any atom is -0.381 e. The predicted octanol–water partition coefficient (Wildman–Crippen LogP) is 4.66. The zero-order valence-electron chi connectivity index (χ0n) is 11.5. The van der Waals surface area contributed by atoms with Crippen LogP contribution in [0.25, 0.3) is 0 Å². The van der Waals surface area contributed by atoms with Crippen molar-refractivity contribution in [2.24, 2.45) is 0 Å². The molecule has 0 aliphatic heterocycles. The van der Waals surface area contributed by atoms with Gasteiger partial charge in [-0.15, -0.1) is 0 Å². The van der Waals surface area contributed by atoms with Crippen molar-refractivity contribution in [3.05, 3.63) is 5.92 Å². The quantitative estimate of drug-likeness (QED) is 0.502. The van der Waals surface area contributed by atoms with E-state index >= 15 is 0 Å². The lowest BCUT2D eigenvalue weighted by molar-refractivity contribution is 0.148. The Hall–Kier alpha value is 0.177. The third-order valence-corrected chi connectivity index (χ3v) is 5.07. The molecule has 0 amide bonds. The van der Waals surface area contributed by atoms with Gasteiger partial charge in [0.05, 0.1) is 6.61 Å². The molecule has 0 bridgehead atoms. The summed E-state index contributed by atoms with van der Waals surface area (Å²) >= 11 is 0. The second-order valence-electron chi connectivity index (χ2n) is 6.38. The molecule has 16 heavy (non-hydrogen) atoms. The van der Waals surface area contributed by atoms with Gasteiger partial charge in [0.1, 0.15) is 0 Å². The van der Waals surface area contributed by atoms with E-state index in [1.54, 1.807) is 5.92 Å². The van der Waals surface area contributed by atoms with Gasteiger partial charge in [-0.3, -0.25) is 0 Å². The molecular formula is C14H29OSi. The molecule has 0 heterocycles. The first kappa shape index (κ1) is 14.2. The monoisotopic (exact) mass is 241 g/mol. The molecule has 0 aromatic rings. The summed E-state index contributed by atoms with van der Waals surface area (Å²) in [7, 11) is -0.896. The van der Waals surface area contributed by atoms with E-state index in [2.05, 4.69) is 19.6 Å². The molecule has 1 aliphatic rings.